The molecule has 8 heteroatoms. The number of aromatic nitrogens is 5. The SMILES string of the molecule is CCCNCCn1nnnc1SCc1nc(C)c(C)s1. The molecule has 0 aromatic carbocycles. The normalized spacial score (nSPS) is 11.2. The highest BCUT2D eigenvalue weighted by Crippen LogP contribution is 2.24. The number of nitrogens with one attached hydrogen (secondary N) is 1. The summed E-state index contributed by atoms with van der Waals surface area (Å²) in [7, 11) is 0. The molecule has 0 aliphatic heterocycles. The zero-order valence-corrected chi connectivity index (χ0v) is 13.7. The molecule has 110 valence electrons. The molecule has 0 saturated heterocycles. The molecule has 1 N–H and O–H groups in total. The van der Waals surface area contributed by atoms with Crippen LogP contribution in [0.3, 0.4) is 0 Å². The van der Waals surface area contributed by atoms with Crippen LogP contribution in [0.4, 0.5) is 0 Å². The second kappa shape index (κ2) is 7.70. The molecule has 0 fully saturated rings. The molecule has 2 aromatic heterocycles. The van der Waals surface area contributed by atoms with Crippen molar-refractivity contribution in [1.82, 2.24) is 30.5 Å². The Morgan fingerprint density at radius 2 is 2.15 bits per heavy atom. The van der Waals surface area contributed by atoms with Gasteiger partial charge in [-0.25, -0.2) is 9.67 Å². The monoisotopic (exact) mass is 312 g/mol. The zero-order valence-electron chi connectivity index (χ0n) is 12.1. The third-order valence-electron chi connectivity index (χ3n) is 2.82. The fourth-order valence-corrected chi connectivity index (χ4v) is 3.48. The Kier molecular flexibility index (Phi) is 5.93. The number of nitrogens with zero attached hydrogens (tertiary/aromatic N) is 5. The van der Waals surface area contributed by atoms with Gasteiger partial charge in [0.2, 0.25) is 5.16 Å². The maximum Gasteiger partial charge on any atom is 0.209 e. The van der Waals surface area contributed by atoms with Crippen LogP contribution in [-0.4, -0.2) is 38.3 Å². The maximum absolute atomic E-state index is 4.53. The molecule has 0 spiro atoms. The molecule has 2 heterocycles. The lowest BCUT2D eigenvalue weighted by Crippen LogP contribution is -2.21. The van der Waals surface area contributed by atoms with E-state index in [-0.39, 0.29) is 0 Å². The Hall–Kier alpha value is -0.990. The molecular weight excluding hydrogens is 292 g/mol. The molecule has 2 rings (SSSR count). The second-order valence-corrected chi connectivity index (χ2v) is 6.70. The number of hydrogen-bond acceptors (Lipinski definition) is 7. The van der Waals surface area contributed by atoms with E-state index in [4.69, 9.17) is 0 Å². The summed E-state index contributed by atoms with van der Waals surface area (Å²) in [6.45, 7) is 9.02. The second-order valence-electron chi connectivity index (χ2n) is 4.47. The Bertz CT molecular complexity index is 516. The number of rotatable bonds is 8. The summed E-state index contributed by atoms with van der Waals surface area (Å²) in [6, 6.07) is 0. The largest absolute Gasteiger partial charge is 0.315 e. The smallest absolute Gasteiger partial charge is 0.209 e. The fraction of sp³-hybridized carbons (Fsp3) is 0.667. The molecule has 0 aliphatic carbocycles. The molecule has 2 aromatic rings. The van der Waals surface area contributed by atoms with Crippen LogP contribution in [0.25, 0.3) is 0 Å². The average Bonchev–Trinajstić information content (AvgIpc) is 3.00. The minimum Gasteiger partial charge on any atom is -0.315 e. The van der Waals surface area contributed by atoms with Crippen LogP contribution in [-0.2, 0) is 12.3 Å². The number of thioether (sulfide) groups is 1. The van der Waals surface area contributed by atoms with Gasteiger partial charge in [-0.2, -0.15) is 0 Å². The van der Waals surface area contributed by atoms with Gasteiger partial charge in [-0.15, -0.1) is 16.4 Å². The fourth-order valence-electron chi connectivity index (χ4n) is 1.65. The van der Waals surface area contributed by atoms with Gasteiger partial charge >= 0.3 is 0 Å². The van der Waals surface area contributed by atoms with Crippen LogP contribution in [0, 0.1) is 13.8 Å². The van der Waals surface area contributed by atoms with E-state index >= 15 is 0 Å². The molecule has 20 heavy (non-hydrogen) atoms. The van der Waals surface area contributed by atoms with E-state index in [1.807, 2.05) is 11.6 Å². The van der Waals surface area contributed by atoms with E-state index in [1.165, 1.54) is 4.88 Å². The molecule has 0 bridgehead atoms. The minimum atomic E-state index is 0.797. The van der Waals surface area contributed by atoms with E-state index in [0.717, 1.165) is 47.7 Å². The van der Waals surface area contributed by atoms with Crippen molar-refractivity contribution in [2.45, 2.75) is 44.6 Å². The van der Waals surface area contributed by atoms with Crippen LogP contribution < -0.4 is 5.32 Å². The van der Waals surface area contributed by atoms with Crippen molar-refractivity contribution in [2.75, 3.05) is 13.1 Å². The quantitative estimate of drug-likeness (QED) is 0.594. The molecular formula is C12H20N6S2. The topological polar surface area (TPSA) is 68.5 Å². The van der Waals surface area contributed by atoms with Crippen molar-refractivity contribution in [3.63, 3.8) is 0 Å². The van der Waals surface area contributed by atoms with Crippen LogP contribution in [0.1, 0.15) is 28.9 Å². The van der Waals surface area contributed by atoms with Crippen LogP contribution in [0.15, 0.2) is 5.16 Å². The summed E-state index contributed by atoms with van der Waals surface area (Å²) in [4.78, 5) is 5.81. The van der Waals surface area contributed by atoms with Gasteiger partial charge in [-0.05, 0) is 37.2 Å². The standard InChI is InChI=1S/C12H20N6S2/c1-4-5-13-6-7-18-12(15-16-17-18)19-8-11-14-9(2)10(3)20-11/h13H,4-8H2,1-3H3. The van der Waals surface area contributed by atoms with Crippen molar-refractivity contribution in [3.8, 4) is 0 Å². The third-order valence-corrected chi connectivity index (χ3v) is 5.05. The van der Waals surface area contributed by atoms with Crippen molar-refractivity contribution < 1.29 is 0 Å². The van der Waals surface area contributed by atoms with Crippen LogP contribution in [0.2, 0.25) is 0 Å². The van der Waals surface area contributed by atoms with Gasteiger partial charge in [0, 0.05) is 11.4 Å². The van der Waals surface area contributed by atoms with Crippen molar-refractivity contribution in [1.29, 1.82) is 0 Å². The highest BCUT2D eigenvalue weighted by atomic mass is 32.2. The summed E-state index contributed by atoms with van der Waals surface area (Å²) >= 11 is 3.38. The maximum atomic E-state index is 4.53. The van der Waals surface area contributed by atoms with E-state index < -0.39 is 0 Å². The summed E-state index contributed by atoms with van der Waals surface area (Å²) in [5, 5.41) is 17.2. The first-order valence-electron chi connectivity index (χ1n) is 6.73. The predicted molar refractivity (Wildman–Crippen MR) is 82.1 cm³/mol. The molecule has 0 saturated carbocycles. The van der Waals surface area contributed by atoms with Crippen LogP contribution in [0.5, 0.6) is 0 Å². The van der Waals surface area contributed by atoms with Gasteiger partial charge in [0.1, 0.15) is 5.01 Å². The summed E-state index contributed by atoms with van der Waals surface area (Å²) < 4.78 is 1.85. The van der Waals surface area contributed by atoms with Gasteiger partial charge < -0.3 is 5.32 Å². The summed E-state index contributed by atoms with van der Waals surface area (Å²) in [6.07, 6.45) is 1.14. The highest BCUT2D eigenvalue weighted by Gasteiger charge is 2.09. The lowest BCUT2D eigenvalue weighted by atomic mass is 10.4. The van der Waals surface area contributed by atoms with Gasteiger partial charge in [0.15, 0.2) is 0 Å². The van der Waals surface area contributed by atoms with Gasteiger partial charge in [-0.1, -0.05) is 18.7 Å². The molecule has 6 nitrogen and oxygen atoms in total. The Labute approximate surface area is 127 Å². The number of thiazole rings is 1. The molecule has 0 amide bonds. The number of tetrazole rings is 1. The first-order valence-corrected chi connectivity index (χ1v) is 8.53. The molecule has 0 radical (unpaired) electrons. The van der Waals surface area contributed by atoms with Gasteiger partial charge in [0.05, 0.1) is 18.0 Å². The van der Waals surface area contributed by atoms with Crippen molar-refractivity contribution in [3.05, 3.63) is 15.6 Å². The minimum absolute atomic E-state index is 0.797. The predicted octanol–water partition coefficient (Wildman–Crippen LogP) is 2.04. The number of aryl methyl sites for hydroxylation is 2. The molecule has 0 unspecified atom stereocenters. The van der Waals surface area contributed by atoms with E-state index in [0.29, 0.717) is 0 Å². The lowest BCUT2D eigenvalue weighted by Gasteiger charge is -2.04. The third kappa shape index (κ3) is 4.26. The van der Waals surface area contributed by atoms with Crippen molar-refractivity contribution >= 4 is 23.1 Å². The summed E-state index contributed by atoms with van der Waals surface area (Å²) in [5.41, 5.74) is 1.12. The van der Waals surface area contributed by atoms with E-state index in [9.17, 15) is 0 Å². The molecule has 0 aliphatic rings. The highest BCUT2D eigenvalue weighted by molar-refractivity contribution is 7.98. The van der Waals surface area contributed by atoms with E-state index in [2.05, 4.69) is 39.7 Å². The lowest BCUT2D eigenvalue weighted by molar-refractivity contribution is 0.510. The number of hydrogen-bond donors (Lipinski definition) is 1. The van der Waals surface area contributed by atoms with Gasteiger partial charge in [-0.3, -0.25) is 0 Å². The average molecular weight is 312 g/mol. The van der Waals surface area contributed by atoms with Crippen LogP contribution >= 0.6 is 23.1 Å². The Morgan fingerprint density at radius 1 is 1.30 bits per heavy atom. The van der Waals surface area contributed by atoms with E-state index in [1.54, 1.807) is 23.1 Å². The first-order chi connectivity index (χ1) is 9.70. The van der Waals surface area contributed by atoms with Gasteiger partial charge in [0.25, 0.3) is 0 Å². The Balaban J connectivity index is 1.85. The molecule has 0 atom stereocenters. The van der Waals surface area contributed by atoms with Crippen molar-refractivity contribution in [2.24, 2.45) is 0 Å². The summed E-state index contributed by atoms with van der Waals surface area (Å²) in [5.74, 6) is 0.822. The first kappa shape index (κ1) is 15.4. The Morgan fingerprint density at radius 3 is 2.85 bits per heavy atom. The zero-order chi connectivity index (χ0) is 14.4.